The summed E-state index contributed by atoms with van der Waals surface area (Å²) in [4.78, 5) is 27.6. The predicted molar refractivity (Wildman–Crippen MR) is 134 cm³/mol. The van der Waals surface area contributed by atoms with Crippen LogP contribution in [0.1, 0.15) is 82.5 Å². The molecular formula is C28H41N3O4. The molecule has 1 aliphatic heterocycles. The van der Waals surface area contributed by atoms with Crippen molar-refractivity contribution in [1.29, 1.82) is 0 Å². The average molecular weight is 484 g/mol. The summed E-state index contributed by atoms with van der Waals surface area (Å²) >= 11 is 0. The van der Waals surface area contributed by atoms with Crippen molar-refractivity contribution < 1.29 is 19.4 Å². The van der Waals surface area contributed by atoms with Gasteiger partial charge in [0.15, 0.2) is 0 Å². The van der Waals surface area contributed by atoms with Crippen molar-refractivity contribution in [3.63, 3.8) is 0 Å². The van der Waals surface area contributed by atoms with Crippen LogP contribution in [0.25, 0.3) is 0 Å². The van der Waals surface area contributed by atoms with Gasteiger partial charge >= 0.3 is 6.03 Å². The maximum Gasteiger partial charge on any atom is 0.317 e. The van der Waals surface area contributed by atoms with Crippen molar-refractivity contribution in [1.82, 2.24) is 15.5 Å². The molecule has 1 aromatic rings. The molecule has 4 unspecified atom stereocenters. The summed E-state index contributed by atoms with van der Waals surface area (Å²) in [5.74, 6) is 2.08. The average Bonchev–Trinajstić information content (AvgIpc) is 2.80. The first-order valence-corrected chi connectivity index (χ1v) is 13.6. The van der Waals surface area contributed by atoms with Crippen molar-refractivity contribution in [2.75, 3.05) is 6.54 Å². The lowest BCUT2D eigenvalue weighted by Gasteiger charge is -2.58. The molecule has 4 saturated carbocycles. The predicted octanol–water partition coefficient (Wildman–Crippen LogP) is 4.10. The zero-order valence-electron chi connectivity index (χ0n) is 21.3. The first-order valence-electron chi connectivity index (χ1n) is 13.6. The number of hydrogen-bond donors (Lipinski definition) is 3. The summed E-state index contributed by atoms with van der Waals surface area (Å²) in [6, 6.07) is 7.63. The topological polar surface area (TPSA) is 90.9 Å². The molecule has 0 spiro atoms. The Morgan fingerprint density at radius 2 is 1.74 bits per heavy atom. The summed E-state index contributed by atoms with van der Waals surface area (Å²) in [5, 5.41) is 17.1. The number of carbonyl (C=O) groups is 2. The standard InChI is InChI=1S/C28H41N3O4/c1-17(2)29-27(33)31-11-5-4-6-24(31)18(3)35-23-9-7-20(8-10-23)26(32)30-25-21-12-19-13-22(25)16-28(34,14-19)15-21/h7-10,17-19,21-22,24-25,34H,4-6,11-16H2,1-3H3,(H,29,33)(H,30,32). The number of amides is 3. The Hall–Kier alpha value is -2.28. The molecular weight excluding hydrogens is 442 g/mol. The highest BCUT2D eigenvalue weighted by atomic mass is 16.5. The molecule has 1 heterocycles. The Kier molecular flexibility index (Phi) is 6.73. The number of nitrogens with one attached hydrogen (secondary N) is 2. The summed E-state index contributed by atoms with van der Waals surface area (Å²) in [6.45, 7) is 6.71. The number of piperidine rings is 1. The number of urea groups is 1. The van der Waals surface area contributed by atoms with Crippen LogP contribution in [0, 0.1) is 17.8 Å². The maximum atomic E-state index is 13.0. The van der Waals surface area contributed by atoms with Gasteiger partial charge in [-0.25, -0.2) is 4.79 Å². The molecule has 3 amide bonds. The van der Waals surface area contributed by atoms with Crippen LogP contribution < -0.4 is 15.4 Å². The van der Waals surface area contributed by atoms with E-state index < -0.39 is 5.60 Å². The second-order valence-corrected chi connectivity index (χ2v) is 11.9. The van der Waals surface area contributed by atoms with E-state index in [1.165, 1.54) is 0 Å². The minimum absolute atomic E-state index is 0.0240. The Morgan fingerprint density at radius 1 is 1.06 bits per heavy atom. The van der Waals surface area contributed by atoms with Gasteiger partial charge in [-0.2, -0.15) is 0 Å². The zero-order valence-corrected chi connectivity index (χ0v) is 21.3. The molecule has 6 rings (SSSR count). The third-order valence-electron chi connectivity index (χ3n) is 8.74. The van der Waals surface area contributed by atoms with Gasteiger partial charge in [-0.3, -0.25) is 4.79 Å². The summed E-state index contributed by atoms with van der Waals surface area (Å²) in [5.41, 5.74) is 0.143. The lowest BCUT2D eigenvalue weighted by Crippen LogP contribution is -2.61. The fourth-order valence-electron chi connectivity index (χ4n) is 7.46. The summed E-state index contributed by atoms with van der Waals surface area (Å²) in [6.07, 6.45) is 7.72. The fourth-order valence-corrected chi connectivity index (χ4v) is 7.46. The van der Waals surface area contributed by atoms with Gasteiger partial charge in [0.25, 0.3) is 5.91 Å². The minimum Gasteiger partial charge on any atom is -0.489 e. The molecule has 1 aromatic carbocycles. The number of carbonyl (C=O) groups excluding carboxylic acids is 2. The quantitative estimate of drug-likeness (QED) is 0.568. The highest BCUT2D eigenvalue weighted by Gasteiger charge is 2.55. The van der Waals surface area contributed by atoms with E-state index in [-0.39, 0.29) is 36.2 Å². The molecule has 5 aliphatic rings. The number of likely N-dealkylation sites (tertiary alicyclic amines) is 1. The number of nitrogens with zero attached hydrogens (tertiary/aromatic N) is 1. The van der Waals surface area contributed by atoms with Crippen molar-refractivity contribution >= 4 is 11.9 Å². The van der Waals surface area contributed by atoms with Gasteiger partial charge < -0.3 is 25.4 Å². The highest BCUT2D eigenvalue weighted by Crippen LogP contribution is 2.55. The Labute approximate surface area is 209 Å². The first-order chi connectivity index (χ1) is 16.7. The van der Waals surface area contributed by atoms with E-state index in [1.54, 1.807) is 0 Å². The Morgan fingerprint density at radius 3 is 2.37 bits per heavy atom. The third-order valence-corrected chi connectivity index (χ3v) is 8.74. The summed E-state index contributed by atoms with van der Waals surface area (Å²) in [7, 11) is 0. The minimum atomic E-state index is -0.489. The molecule has 4 bridgehead atoms. The van der Waals surface area contributed by atoms with Crippen molar-refractivity contribution in [3.8, 4) is 5.75 Å². The lowest BCUT2D eigenvalue weighted by atomic mass is 9.52. The van der Waals surface area contributed by atoms with Gasteiger partial charge in [-0.1, -0.05) is 0 Å². The molecule has 3 N–H and O–H groups in total. The second-order valence-electron chi connectivity index (χ2n) is 11.9. The van der Waals surface area contributed by atoms with E-state index in [4.69, 9.17) is 4.74 Å². The van der Waals surface area contributed by atoms with Gasteiger partial charge in [-0.05, 0) is 114 Å². The number of benzene rings is 1. The monoisotopic (exact) mass is 483 g/mol. The van der Waals surface area contributed by atoms with Crippen LogP contribution in [0.15, 0.2) is 24.3 Å². The fraction of sp³-hybridized carbons (Fsp3) is 0.714. The van der Waals surface area contributed by atoms with Crippen LogP contribution in [0.2, 0.25) is 0 Å². The molecule has 1 saturated heterocycles. The molecule has 7 heteroatoms. The molecule has 0 aromatic heterocycles. The molecule has 4 aliphatic carbocycles. The second kappa shape index (κ2) is 9.64. The van der Waals surface area contributed by atoms with E-state index in [1.807, 2.05) is 49.9 Å². The number of aliphatic hydroxyl groups is 1. The third kappa shape index (κ3) is 5.16. The lowest BCUT2D eigenvalue weighted by molar-refractivity contribution is -0.136. The van der Waals surface area contributed by atoms with Gasteiger partial charge in [-0.15, -0.1) is 0 Å². The molecule has 0 radical (unpaired) electrons. The van der Waals surface area contributed by atoms with Crippen LogP contribution in [0.4, 0.5) is 4.79 Å². The van der Waals surface area contributed by atoms with Crippen LogP contribution in [0.3, 0.4) is 0 Å². The molecule has 4 atom stereocenters. The van der Waals surface area contributed by atoms with Crippen molar-refractivity contribution in [2.24, 2.45) is 17.8 Å². The first kappa shape index (κ1) is 24.4. The molecule has 35 heavy (non-hydrogen) atoms. The molecule has 192 valence electrons. The molecule has 5 fully saturated rings. The number of ether oxygens (including phenoxy) is 1. The smallest absolute Gasteiger partial charge is 0.317 e. The number of rotatable bonds is 6. The van der Waals surface area contributed by atoms with Gasteiger partial charge in [0.1, 0.15) is 11.9 Å². The Bertz CT molecular complexity index is 917. The van der Waals surface area contributed by atoms with E-state index >= 15 is 0 Å². The largest absolute Gasteiger partial charge is 0.489 e. The number of hydrogen-bond acceptors (Lipinski definition) is 4. The van der Waals surface area contributed by atoms with Crippen molar-refractivity contribution in [2.45, 2.75) is 102 Å². The van der Waals surface area contributed by atoms with E-state index in [0.29, 0.717) is 29.1 Å². The van der Waals surface area contributed by atoms with E-state index in [2.05, 4.69) is 10.6 Å². The Balaban J connectivity index is 1.18. The SMILES string of the molecule is CC(C)NC(=O)N1CCCCC1C(C)Oc1ccc(C(=O)NC2C3CC4CC2CC(O)(C4)C3)cc1. The summed E-state index contributed by atoms with van der Waals surface area (Å²) < 4.78 is 6.23. The van der Waals surface area contributed by atoms with Crippen molar-refractivity contribution in [3.05, 3.63) is 29.8 Å². The van der Waals surface area contributed by atoms with Crippen LogP contribution in [0.5, 0.6) is 5.75 Å². The van der Waals surface area contributed by atoms with Gasteiger partial charge in [0.05, 0.1) is 11.6 Å². The van der Waals surface area contributed by atoms with Crippen LogP contribution in [-0.4, -0.2) is 58.3 Å². The normalized spacial score (nSPS) is 34.5. The van der Waals surface area contributed by atoms with Gasteiger partial charge in [0, 0.05) is 24.2 Å². The maximum absolute atomic E-state index is 13.0. The molecule has 7 nitrogen and oxygen atoms in total. The van der Waals surface area contributed by atoms with Crippen LogP contribution >= 0.6 is 0 Å². The van der Waals surface area contributed by atoms with Gasteiger partial charge in [0.2, 0.25) is 0 Å². The zero-order chi connectivity index (χ0) is 24.7. The van der Waals surface area contributed by atoms with Crippen LogP contribution in [-0.2, 0) is 0 Å². The van der Waals surface area contributed by atoms with E-state index in [0.717, 1.165) is 57.9 Å². The highest BCUT2D eigenvalue weighted by molar-refractivity contribution is 5.94. The van der Waals surface area contributed by atoms with E-state index in [9.17, 15) is 14.7 Å².